The van der Waals surface area contributed by atoms with E-state index in [4.69, 9.17) is 4.79 Å². The van der Waals surface area contributed by atoms with Crippen LogP contribution < -0.4 is 0 Å². The Hall–Kier alpha value is -1.61. The van der Waals surface area contributed by atoms with E-state index >= 15 is 0 Å². The van der Waals surface area contributed by atoms with Crippen molar-refractivity contribution in [1.29, 1.82) is 0 Å². The van der Waals surface area contributed by atoms with E-state index in [-0.39, 0.29) is 0 Å². The summed E-state index contributed by atoms with van der Waals surface area (Å²) >= 11 is 0. The number of carbonyl (C=O) groups excluding carboxylic acids is 1. The normalized spacial score (nSPS) is 9.25. The van der Waals surface area contributed by atoms with Gasteiger partial charge in [0.2, 0.25) is 0 Å². The standard InChI is InChI=1S/C6H2F2.CFNO/c7-5-2-3-1-4(3)6(5)8;2-3-1-4/h1-2H;. The summed E-state index contributed by atoms with van der Waals surface area (Å²) in [6, 6.07) is 2.81. The minimum absolute atomic E-state index is 0.447. The molecule has 0 aromatic carbocycles. The molecule has 12 heavy (non-hydrogen) atoms. The second-order valence-electron chi connectivity index (χ2n) is 2.00. The second-order valence-corrected chi connectivity index (χ2v) is 2.00. The first-order chi connectivity index (χ1) is 5.70. The van der Waals surface area contributed by atoms with Crippen LogP contribution in [0.5, 0.6) is 0 Å². The molecule has 0 saturated carbocycles. The Kier molecular flexibility index (Phi) is 2.26. The third-order valence-corrected chi connectivity index (χ3v) is 1.29. The molecular weight excluding hydrogens is 171 g/mol. The summed E-state index contributed by atoms with van der Waals surface area (Å²) in [5.41, 5.74) is 1.16. The maximum absolute atomic E-state index is 12.1. The first-order valence-corrected chi connectivity index (χ1v) is 2.88. The van der Waals surface area contributed by atoms with Crippen LogP contribution >= 0.6 is 0 Å². The van der Waals surface area contributed by atoms with Gasteiger partial charge in [-0.1, -0.05) is 4.48 Å². The summed E-state index contributed by atoms with van der Waals surface area (Å²) in [6.07, 6.45) is 0.639. The molecule has 0 amide bonds. The van der Waals surface area contributed by atoms with Crippen molar-refractivity contribution >= 4 is 6.08 Å². The van der Waals surface area contributed by atoms with Gasteiger partial charge in [0.15, 0.2) is 11.6 Å². The molecule has 62 valence electrons. The molecule has 5 heteroatoms. The highest BCUT2D eigenvalue weighted by molar-refractivity contribution is 5.81. The van der Waals surface area contributed by atoms with Crippen LogP contribution in [0.3, 0.4) is 0 Å². The Morgan fingerprint density at radius 1 is 1.33 bits per heavy atom. The summed E-state index contributed by atoms with van der Waals surface area (Å²) in [5.74, 6) is -1.42. The number of isocyanates is 1. The average molecular weight is 173 g/mol. The van der Waals surface area contributed by atoms with Crippen LogP contribution in [-0.2, 0) is 4.79 Å². The van der Waals surface area contributed by atoms with Crippen molar-refractivity contribution in [2.24, 2.45) is 5.21 Å². The highest BCUT2D eigenvalue weighted by atomic mass is 19.2. The summed E-state index contributed by atoms with van der Waals surface area (Å²) in [7, 11) is 0. The van der Waals surface area contributed by atoms with Gasteiger partial charge in [0.25, 0.3) is 6.08 Å². The minimum atomic E-state index is -0.725. The zero-order valence-electron chi connectivity index (χ0n) is 5.64. The number of nitrogens with zero attached hydrogens (tertiary/aromatic N) is 1. The highest BCUT2D eigenvalue weighted by Gasteiger charge is 2.22. The van der Waals surface area contributed by atoms with Crippen molar-refractivity contribution in [3.63, 3.8) is 0 Å². The molecule has 2 aliphatic carbocycles. The topological polar surface area (TPSA) is 29.4 Å². The van der Waals surface area contributed by atoms with Crippen LogP contribution in [0.15, 0.2) is 17.3 Å². The minimum Gasteiger partial charge on any atom is -0.209 e. The van der Waals surface area contributed by atoms with Gasteiger partial charge < -0.3 is 0 Å². The molecular formula is C7H2F3NO. The van der Waals surface area contributed by atoms with Crippen LogP contribution in [0.2, 0.25) is 0 Å². The third kappa shape index (κ3) is 1.52. The average Bonchev–Trinajstić information content (AvgIpc) is 2.77. The molecule has 2 nitrogen and oxygen atoms in total. The lowest BCUT2D eigenvalue weighted by molar-refractivity contribution is 0.501. The first kappa shape index (κ1) is 8.49. The van der Waals surface area contributed by atoms with E-state index < -0.39 is 11.6 Å². The molecule has 0 aliphatic heterocycles. The molecule has 0 heterocycles. The van der Waals surface area contributed by atoms with E-state index in [1.54, 1.807) is 6.07 Å². The van der Waals surface area contributed by atoms with Crippen molar-refractivity contribution in [2.75, 3.05) is 0 Å². The van der Waals surface area contributed by atoms with Gasteiger partial charge in [0.05, 0.1) is 0 Å². The fraction of sp³-hybridized carbons (Fsp3) is 0. The molecule has 0 N–H and O–H groups in total. The Balaban J connectivity index is 0.000000157. The number of rotatable bonds is 0. The fourth-order valence-electron chi connectivity index (χ4n) is 0.757. The lowest BCUT2D eigenvalue weighted by atomic mass is 10.5. The van der Waals surface area contributed by atoms with E-state index in [0.717, 1.165) is 0 Å². The van der Waals surface area contributed by atoms with Gasteiger partial charge >= 0.3 is 0 Å². The van der Waals surface area contributed by atoms with Crippen molar-refractivity contribution in [3.05, 3.63) is 23.8 Å². The molecule has 0 spiro atoms. The van der Waals surface area contributed by atoms with Gasteiger partial charge in [-0.2, -0.15) is 0 Å². The van der Waals surface area contributed by atoms with Gasteiger partial charge in [-0.15, -0.1) is 0 Å². The predicted molar refractivity (Wildman–Crippen MR) is 34.6 cm³/mol. The quantitative estimate of drug-likeness (QED) is 0.443. The summed E-state index contributed by atoms with van der Waals surface area (Å²) in [6.45, 7) is 0. The van der Waals surface area contributed by atoms with Crippen molar-refractivity contribution in [2.45, 2.75) is 0 Å². The molecule has 0 saturated heterocycles. The third-order valence-electron chi connectivity index (χ3n) is 1.29. The number of fused-ring (bicyclic) bond motifs is 1. The molecule has 0 fully saturated rings. The van der Waals surface area contributed by atoms with Gasteiger partial charge in [-0.25, -0.2) is 13.6 Å². The SMILES string of the molecule is Fc1cc2cc-2c1F.O=C=NF. The van der Waals surface area contributed by atoms with Gasteiger partial charge in [-0.05, 0) is 17.7 Å². The number of hydrogen-bond donors (Lipinski definition) is 0. The van der Waals surface area contributed by atoms with Crippen LogP contribution in [0.25, 0.3) is 11.1 Å². The van der Waals surface area contributed by atoms with Crippen LogP contribution in [0.4, 0.5) is 13.3 Å². The van der Waals surface area contributed by atoms with Crippen molar-refractivity contribution in [1.82, 2.24) is 0 Å². The van der Waals surface area contributed by atoms with Gasteiger partial charge in [0.1, 0.15) is 0 Å². The van der Waals surface area contributed by atoms with E-state index in [9.17, 15) is 13.3 Å². The zero-order valence-corrected chi connectivity index (χ0v) is 5.64. The summed E-state index contributed by atoms with van der Waals surface area (Å²) < 4.78 is 34.0. The number of hydrogen-bond acceptors (Lipinski definition) is 2. The van der Waals surface area contributed by atoms with Crippen LogP contribution in [0, 0.1) is 11.6 Å². The maximum atomic E-state index is 12.1. The predicted octanol–water partition coefficient (Wildman–Crippen LogP) is 2.15. The first-order valence-electron chi connectivity index (χ1n) is 2.88. The van der Waals surface area contributed by atoms with Gasteiger partial charge in [0, 0.05) is 10.8 Å². The number of halogens is 3. The molecule has 0 unspecified atom stereocenters. The molecule has 0 aromatic rings. The lowest BCUT2D eigenvalue weighted by Gasteiger charge is -1.74. The van der Waals surface area contributed by atoms with E-state index in [1.807, 2.05) is 0 Å². The van der Waals surface area contributed by atoms with E-state index in [0.29, 0.717) is 17.2 Å². The van der Waals surface area contributed by atoms with E-state index in [1.165, 1.54) is 11.3 Å². The molecule has 2 rings (SSSR count). The molecule has 0 atom stereocenters. The van der Waals surface area contributed by atoms with Crippen LogP contribution in [0.1, 0.15) is 0 Å². The van der Waals surface area contributed by atoms with Gasteiger partial charge in [-0.3, -0.25) is 0 Å². The Morgan fingerprint density at radius 3 is 2.08 bits per heavy atom. The van der Waals surface area contributed by atoms with E-state index in [2.05, 4.69) is 0 Å². The molecule has 0 radical (unpaired) electrons. The van der Waals surface area contributed by atoms with Crippen molar-refractivity contribution < 1.29 is 18.1 Å². The zero-order chi connectivity index (χ0) is 9.14. The molecule has 0 bridgehead atoms. The molecule has 2 aliphatic rings. The Labute approximate surface area is 65.3 Å². The second kappa shape index (κ2) is 3.19. The lowest BCUT2D eigenvalue weighted by Crippen LogP contribution is -1.68. The Bertz CT molecular complexity index is 358. The van der Waals surface area contributed by atoms with Crippen molar-refractivity contribution in [3.8, 4) is 11.1 Å². The smallest absolute Gasteiger partial charge is 0.209 e. The number of benzene rings is 1. The monoisotopic (exact) mass is 173 g/mol. The fourth-order valence-corrected chi connectivity index (χ4v) is 0.757. The molecule has 0 aromatic heterocycles. The maximum Gasteiger partial charge on any atom is 0.269 e. The summed E-state index contributed by atoms with van der Waals surface area (Å²) in [4.78, 5) is 8.51. The highest BCUT2D eigenvalue weighted by Crippen LogP contribution is 2.38. The van der Waals surface area contributed by atoms with Crippen LogP contribution in [-0.4, -0.2) is 6.08 Å². The summed E-state index contributed by atoms with van der Waals surface area (Å²) in [5, 5.41) is 1.43. The Morgan fingerprint density at radius 2 is 1.92 bits per heavy atom. The largest absolute Gasteiger partial charge is 0.269 e.